The molecule has 158 valence electrons. The molecule has 0 aliphatic carbocycles. The second kappa shape index (κ2) is 8.93. The predicted octanol–water partition coefficient (Wildman–Crippen LogP) is 3.60. The van der Waals surface area contributed by atoms with Crippen molar-refractivity contribution in [3.63, 3.8) is 0 Å². The number of benzene rings is 1. The molecule has 29 heavy (non-hydrogen) atoms. The van der Waals surface area contributed by atoms with Gasteiger partial charge in [-0.2, -0.15) is 4.31 Å². The third-order valence-electron chi connectivity index (χ3n) is 5.28. The highest BCUT2D eigenvalue weighted by Crippen LogP contribution is 2.26. The number of nitrogens with one attached hydrogen (secondary N) is 1. The van der Waals surface area contributed by atoms with Gasteiger partial charge in [0.15, 0.2) is 0 Å². The molecule has 3 rings (SSSR count). The van der Waals surface area contributed by atoms with Gasteiger partial charge in [-0.15, -0.1) is 11.3 Å². The molecule has 1 fully saturated rings. The molecule has 2 heterocycles. The van der Waals surface area contributed by atoms with E-state index in [1.165, 1.54) is 4.31 Å². The number of sulfonamides is 1. The third kappa shape index (κ3) is 5.05. The molecule has 0 radical (unpaired) electrons. The van der Waals surface area contributed by atoms with Crippen LogP contribution in [0.5, 0.6) is 0 Å². The van der Waals surface area contributed by atoms with Crippen LogP contribution in [0.1, 0.15) is 54.4 Å². The normalized spacial score (nSPS) is 16.3. The van der Waals surface area contributed by atoms with Crippen LogP contribution < -0.4 is 5.32 Å². The van der Waals surface area contributed by atoms with Crippen LogP contribution >= 0.6 is 11.3 Å². The number of hydrogen-bond acceptors (Lipinski definition) is 5. The maximum absolute atomic E-state index is 13.0. The fourth-order valence-corrected chi connectivity index (χ4v) is 6.09. The molecule has 1 aliphatic heterocycles. The number of carbonyl (C=O) groups is 1. The summed E-state index contributed by atoms with van der Waals surface area (Å²) in [5, 5.41) is 6.01. The molecule has 1 aromatic carbocycles. The summed E-state index contributed by atoms with van der Waals surface area (Å²) in [5.41, 5.74) is 2.67. The van der Waals surface area contributed by atoms with Crippen molar-refractivity contribution in [1.82, 2.24) is 14.6 Å². The van der Waals surface area contributed by atoms with Crippen LogP contribution in [-0.2, 0) is 21.4 Å². The second-order valence-corrected chi connectivity index (χ2v) is 10.8. The SMILES string of the molecule is Cc1ccc(S(=O)(=O)N2CCC(C(=O)NCc3csc(C(C)C)n3)CC2)c(C)c1. The Hall–Kier alpha value is -1.77. The molecule has 0 unspecified atom stereocenters. The van der Waals surface area contributed by atoms with Gasteiger partial charge in [-0.1, -0.05) is 31.5 Å². The van der Waals surface area contributed by atoms with Crippen LogP contribution in [0.15, 0.2) is 28.5 Å². The number of piperidine rings is 1. The Balaban J connectivity index is 1.55. The molecule has 1 amide bonds. The summed E-state index contributed by atoms with van der Waals surface area (Å²) in [7, 11) is -3.53. The predicted molar refractivity (Wildman–Crippen MR) is 115 cm³/mol. The molecule has 1 N–H and O–H groups in total. The Bertz CT molecular complexity index is 975. The van der Waals surface area contributed by atoms with Gasteiger partial charge < -0.3 is 5.32 Å². The molecular weight excluding hydrogens is 406 g/mol. The highest BCUT2D eigenvalue weighted by molar-refractivity contribution is 7.89. The molecule has 0 saturated carbocycles. The average molecular weight is 436 g/mol. The number of carbonyl (C=O) groups excluding carboxylic acids is 1. The van der Waals surface area contributed by atoms with Crippen molar-refractivity contribution in [1.29, 1.82) is 0 Å². The van der Waals surface area contributed by atoms with Crippen LogP contribution in [-0.4, -0.2) is 36.7 Å². The Kier molecular flexibility index (Phi) is 6.76. The summed E-state index contributed by atoms with van der Waals surface area (Å²) in [6.07, 6.45) is 1.06. The zero-order chi connectivity index (χ0) is 21.2. The summed E-state index contributed by atoms with van der Waals surface area (Å²) in [5.74, 6) is 0.198. The summed E-state index contributed by atoms with van der Waals surface area (Å²) in [6.45, 7) is 9.11. The van der Waals surface area contributed by atoms with Crippen molar-refractivity contribution >= 4 is 27.3 Å². The van der Waals surface area contributed by atoms with Crippen LogP contribution in [0.25, 0.3) is 0 Å². The van der Waals surface area contributed by atoms with Crippen molar-refractivity contribution in [3.8, 4) is 0 Å². The van der Waals surface area contributed by atoms with Gasteiger partial charge in [0.2, 0.25) is 15.9 Å². The number of thiazole rings is 1. The average Bonchev–Trinajstić information content (AvgIpc) is 3.15. The minimum absolute atomic E-state index is 0.0207. The van der Waals surface area contributed by atoms with E-state index in [1.807, 2.05) is 31.4 Å². The third-order valence-corrected chi connectivity index (χ3v) is 8.53. The number of nitrogens with zero attached hydrogens (tertiary/aromatic N) is 2. The lowest BCUT2D eigenvalue weighted by molar-refractivity contribution is -0.126. The zero-order valence-corrected chi connectivity index (χ0v) is 19.1. The number of aryl methyl sites for hydroxylation is 2. The maximum atomic E-state index is 13.0. The van der Waals surface area contributed by atoms with E-state index in [-0.39, 0.29) is 11.8 Å². The van der Waals surface area contributed by atoms with E-state index < -0.39 is 10.0 Å². The first-order chi connectivity index (χ1) is 13.7. The van der Waals surface area contributed by atoms with E-state index in [2.05, 4.69) is 24.1 Å². The molecule has 0 spiro atoms. The highest BCUT2D eigenvalue weighted by atomic mass is 32.2. The molecule has 1 aliphatic rings. The minimum atomic E-state index is -3.53. The van der Waals surface area contributed by atoms with Gasteiger partial charge in [-0.3, -0.25) is 4.79 Å². The summed E-state index contributed by atoms with van der Waals surface area (Å²) in [6, 6.07) is 5.39. The van der Waals surface area contributed by atoms with Crippen molar-refractivity contribution in [3.05, 3.63) is 45.4 Å². The molecular formula is C21H29N3O3S2. The smallest absolute Gasteiger partial charge is 0.243 e. The van der Waals surface area contributed by atoms with Crippen LogP contribution in [0.2, 0.25) is 0 Å². The van der Waals surface area contributed by atoms with Crippen LogP contribution in [0, 0.1) is 19.8 Å². The minimum Gasteiger partial charge on any atom is -0.350 e. The van der Waals surface area contributed by atoms with Crippen LogP contribution in [0.3, 0.4) is 0 Å². The van der Waals surface area contributed by atoms with Gasteiger partial charge in [0.05, 0.1) is 22.1 Å². The van der Waals surface area contributed by atoms with E-state index in [9.17, 15) is 13.2 Å². The van der Waals surface area contributed by atoms with E-state index in [0.29, 0.717) is 43.3 Å². The Labute approximate surface area is 177 Å². The fourth-order valence-electron chi connectivity index (χ4n) is 3.58. The topological polar surface area (TPSA) is 79.4 Å². The molecule has 1 saturated heterocycles. The van der Waals surface area contributed by atoms with E-state index in [4.69, 9.17) is 0 Å². The van der Waals surface area contributed by atoms with E-state index in [0.717, 1.165) is 21.8 Å². The molecule has 0 atom stereocenters. The molecule has 0 bridgehead atoms. The Morgan fingerprint density at radius 3 is 2.55 bits per heavy atom. The van der Waals surface area contributed by atoms with E-state index >= 15 is 0 Å². The quantitative estimate of drug-likeness (QED) is 0.752. The number of amides is 1. The fraction of sp³-hybridized carbons (Fsp3) is 0.524. The summed E-state index contributed by atoms with van der Waals surface area (Å²) in [4.78, 5) is 17.4. The summed E-state index contributed by atoms with van der Waals surface area (Å²) >= 11 is 1.61. The van der Waals surface area contributed by atoms with Crippen molar-refractivity contribution in [2.75, 3.05) is 13.1 Å². The van der Waals surface area contributed by atoms with Gasteiger partial charge in [0, 0.05) is 30.3 Å². The first kappa shape index (κ1) is 21.9. The first-order valence-corrected chi connectivity index (χ1v) is 12.3. The number of hydrogen-bond donors (Lipinski definition) is 1. The maximum Gasteiger partial charge on any atom is 0.243 e. The lowest BCUT2D eigenvalue weighted by atomic mass is 9.97. The van der Waals surface area contributed by atoms with Gasteiger partial charge in [-0.25, -0.2) is 13.4 Å². The van der Waals surface area contributed by atoms with Gasteiger partial charge >= 0.3 is 0 Å². The standard InChI is InChI=1S/C21H29N3O3S2/c1-14(2)21-23-18(13-28-21)12-22-20(25)17-7-9-24(10-8-17)29(26,27)19-6-5-15(3)11-16(19)4/h5-6,11,13-14,17H,7-10,12H2,1-4H3,(H,22,25). The van der Waals surface area contributed by atoms with Gasteiger partial charge in [-0.05, 0) is 38.3 Å². The molecule has 1 aromatic heterocycles. The van der Waals surface area contributed by atoms with E-state index in [1.54, 1.807) is 17.4 Å². The Morgan fingerprint density at radius 1 is 1.28 bits per heavy atom. The van der Waals surface area contributed by atoms with Gasteiger partial charge in [0.25, 0.3) is 0 Å². The van der Waals surface area contributed by atoms with Gasteiger partial charge in [0.1, 0.15) is 0 Å². The lowest BCUT2D eigenvalue weighted by Gasteiger charge is -2.31. The number of aromatic nitrogens is 1. The summed E-state index contributed by atoms with van der Waals surface area (Å²) < 4.78 is 27.5. The molecule has 8 heteroatoms. The first-order valence-electron chi connectivity index (χ1n) is 9.98. The van der Waals surface area contributed by atoms with Crippen molar-refractivity contribution < 1.29 is 13.2 Å². The Morgan fingerprint density at radius 2 is 1.97 bits per heavy atom. The monoisotopic (exact) mass is 435 g/mol. The highest BCUT2D eigenvalue weighted by Gasteiger charge is 2.32. The number of rotatable bonds is 6. The second-order valence-electron chi connectivity index (χ2n) is 8.00. The molecule has 6 nitrogen and oxygen atoms in total. The lowest BCUT2D eigenvalue weighted by Crippen LogP contribution is -2.43. The van der Waals surface area contributed by atoms with Crippen molar-refractivity contribution in [2.24, 2.45) is 5.92 Å². The largest absolute Gasteiger partial charge is 0.350 e. The van der Waals surface area contributed by atoms with Crippen molar-refractivity contribution in [2.45, 2.75) is 57.9 Å². The van der Waals surface area contributed by atoms with Crippen LogP contribution in [0.4, 0.5) is 0 Å². The molecule has 2 aromatic rings. The zero-order valence-electron chi connectivity index (χ0n) is 17.4.